The van der Waals surface area contributed by atoms with Crippen LogP contribution in [0.15, 0.2) is 30.9 Å². The first-order chi connectivity index (χ1) is 7.19. The minimum absolute atomic E-state index is 0.0440. The molecule has 1 atom stereocenters. The number of hydrogen-bond donors (Lipinski definition) is 2. The maximum atomic E-state index is 9.41. The third-order valence-electron chi connectivity index (χ3n) is 2.31. The van der Waals surface area contributed by atoms with E-state index in [1.165, 1.54) is 7.11 Å². The van der Waals surface area contributed by atoms with Crippen LogP contribution in [0.4, 0.5) is 0 Å². The molecule has 0 saturated heterocycles. The van der Waals surface area contributed by atoms with Crippen LogP contribution in [0.1, 0.15) is 24.4 Å². The predicted octanol–water partition coefficient (Wildman–Crippen LogP) is 2.37. The Bertz CT molecular complexity index is 336. The predicted molar refractivity (Wildman–Crippen MR) is 61.0 cm³/mol. The SMILES string of the molecule is C=CCC[C@@H](N)c1ccc(O)c(OC)c1. The third kappa shape index (κ3) is 2.99. The normalized spacial score (nSPS) is 12.1. The molecule has 1 aromatic rings. The Balaban J connectivity index is 2.80. The summed E-state index contributed by atoms with van der Waals surface area (Å²) in [5, 5.41) is 9.41. The summed E-state index contributed by atoms with van der Waals surface area (Å²) in [4.78, 5) is 0. The molecule has 0 heterocycles. The Morgan fingerprint density at radius 1 is 1.60 bits per heavy atom. The molecule has 3 N–H and O–H groups in total. The molecule has 0 saturated carbocycles. The fourth-order valence-electron chi connectivity index (χ4n) is 1.39. The zero-order valence-electron chi connectivity index (χ0n) is 8.94. The summed E-state index contributed by atoms with van der Waals surface area (Å²) >= 11 is 0. The molecule has 82 valence electrons. The third-order valence-corrected chi connectivity index (χ3v) is 2.31. The average Bonchev–Trinajstić information content (AvgIpc) is 2.26. The summed E-state index contributed by atoms with van der Waals surface area (Å²) in [6.07, 6.45) is 3.57. The van der Waals surface area contributed by atoms with Crippen LogP contribution < -0.4 is 10.5 Å². The number of nitrogens with two attached hydrogens (primary N) is 1. The Morgan fingerprint density at radius 2 is 2.33 bits per heavy atom. The first-order valence-electron chi connectivity index (χ1n) is 4.92. The number of hydrogen-bond acceptors (Lipinski definition) is 3. The lowest BCUT2D eigenvalue weighted by atomic mass is 10.0. The smallest absolute Gasteiger partial charge is 0.160 e. The van der Waals surface area contributed by atoms with Crippen LogP contribution in [0.25, 0.3) is 0 Å². The van der Waals surface area contributed by atoms with E-state index in [2.05, 4.69) is 6.58 Å². The molecule has 0 aliphatic rings. The molecule has 0 unspecified atom stereocenters. The second kappa shape index (κ2) is 5.41. The van der Waals surface area contributed by atoms with Gasteiger partial charge in [-0.3, -0.25) is 0 Å². The second-order valence-electron chi connectivity index (χ2n) is 3.40. The van der Waals surface area contributed by atoms with E-state index in [9.17, 15) is 5.11 Å². The maximum absolute atomic E-state index is 9.41. The summed E-state index contributed by atoms with van der Waals surface area (Å²) in [7, 11) is 1.52. The lowest BCUT2D eigenvalue weighted by Crippen LogP contribution is -2.09. The van der Waals surface area contributed by atoms with Gasteiger partial charge in [0, 0.05) is 6.04 Å². The van der Waals surface area contributed by atoms with E-state index in [0.29, 0.717) is 5.75 Å². The summed E-state index contributed by atoms with van der Waals surface area (Å²) < 4.78 is 5.01. The number of benzene rings is 1. The highest BCUT2D eigenvalue weighted by molar-refractivity contribution is 5.42. The van der Waals surface area contributed by atoms with Crippen molar-refractivity contribution >= 4 is 0 Å². The van der Waals surface area contributed by atoms with Crippen molar-refractivity contribution in [1.82, 2.24) is 0 Å². The van der Waals surface area contributed by atoms with Crippen molar-refractivity contribution in [2.75, 3.05) is 7.11 Å². The Hall–Kier alpha value is -1.48. The van der Waals surface area contributed by atoms with E-state index in [0.717, 1.165) is 18.4 Å². The Labute approximate surface area is 90.2 Å². The van der Waals surface area contributed by atoms with Gasteiger partial charge in [0.1, 0.15) is 0 Å². The van der Waals surface area contributed by atoms with E-state index in [-0.39, 0.29) is 11.8 Å². The van der Waals surface area contributed by atoms with E-state index < -0.39 is 0 Å². The van der Waals surface area contributed by atoms with Crippen LogP contribution in [-0.4, -0.2) is 12.2 Å². The molecule has 0 spiro atoms. The van der Waals surface area contributed by atoms with E-state index >= 15 is 0 Å². The molecular weight excluding hydrogens is 190 g/mol. The van der Waals surface area contributed by atoms with Gasteiger partial charge in [-0.25, -0.2) is 0 Å². The molecule has 0 aromatic heterocycles. The first-order valence-corrected chi connectivity index (χ1v) is 4.92. The molecule has 0 bridgehead atoms. The van der Waals surface area contributed by atoms with Gasteiger partial charge in [-0.1, -0.05) is 12.1 Å². The molecule has 0 amide bonds. The molecule has 3 heteroatoms. The van der Waals surface area contributed by atoms with E-state index in [4.69, 9.17) is 10.5 Å². The van der Waals surface area contributed by atoms with Crippen molar-refractivity contribution in [2.45, 2.75) is 18.9 Å². The fraction of sp³-hybridized carbons (Fsp3) is 0.333. The number of allylic oxidation sites excluding steroid dienone is 1. The largest absolute Gasteiger partial charge is 0.504 e. The minimum atomic E-state index is -0.0440. The second-order valence-corrected chi connectivity index (χ2v) is 3.40. The monoisotopic (exact) mass is 207 g/mol. The van der Waals surface area contributed by atoms with Gasteiger partial charge < -0.3 is 15.6 Å². The summed E-state index contributed by atoms with van der Waals surface area (Å²) in [6, 6.07) is 5.13. The highest BCUT2D eigenvalue weighted by atomic mass is 16.5. The quantitative estimate of drug-likeness (QED) is 0.729. The highest BCUT2D eigenvalue weighted by Crippen LogP contribution is 2.29. The van der Waals surface area contributed by atoms with Crippen molar-refractivity contribution in [3.8, 4) is 11.5 Å². The summed E-state index contributed by atoms with van der Waals surface area (Å²) in [5.41, 5.74) is 6.93. The van der Waals surface area contributed by atoms with E-state index in [1.54, 1.807) is 12.1 Å². The molecule has 0 aliphatic carbocycles. The van der Waals surface area contributed by atoms with Crippen molar-refractivity contribution in [1.29, 1.82) is 0 Å². The summed E-state index contributed by atoms with van der Waals surface area (Å²) in [5.74, 6) is 0.596. The number of phenolic OH excluding ortho intramolecular Hbond substituents is 1. The molecule has 1 rings (SSSR count). The Kier molecular flexibility index (Phi) is 4.18. The van der Waals surface area contributed by atoms with Crippen LogP contribution in [-0.2, 0) is 0 Å². The fourth-order valence-corrected chi connectivity index (χ4v) is 1.39. The van der Waals surface area contributed by atoms with Crippen LogP contribution in [0.2, 0.25) is 0 Å². The van der Waals surface area contributed by atoms with Gasteiger partial charge in [0.15, 0.2) is 11.5 Å². The van der Waals surface area contributed by atoms with Crippen LogP contribution >= 0.6 is 0 Å². The van der Waals surface area contributed by atoms with Crippen molar-refractivity contribution in [3.05, 3.63) is 36.4 Å². The van der Waals surface area contributed by atoms with Gasteiger partial charge in [-0.2, -0.15) is 0 Å². The highest BCUT2D eigenvalue weighted by Gasteiger charge is 2.08. The zero-order valence-corrected chi connectivity index (χ0v) is 8.94. The van der Waals surface area contributed by atoms with Crippen LogP contribution in [0.5, 0.6) is 11.5 Å². The number of phenols is 1. The topological polar surface area (TPSA) is 55.5 Å². The van der Waals surface area contributed by atoms with E-state index in [1.807, 2.05) is 12.1 Å². The van der Waals surface area contributed by atoms with Crippen molar-refractivity contribution in [2.24, 2.45) is 5.73 Å². The summed E-state index contributed by atoms with van der Waals surface area (Å²) in [6.45, 7) is 3.65. The standard InChI is InChI=1S/C12H17NO2/c1-3-4-5-10(13)9-6-7-11(14)12(8-9)15-2/h3,6-8,10,14H,1,4-5,13H2,2H3/t10-/m1/s1. The number of rotatable bonds is 5. The Morgan fingerprint density at radius 3 is 2.93 bits per heavy atom. The van der Waals surface area contributed by atoms with Crippen molar-refractivity contribution in [3.63, 3.8) is 0 Å². The first kappa shape index (κ1) is 11.6. The van der Waals surface area contributed by atoms with Crippen LogP contribution in [0.3, 0.4) is 0 Å². The number of ether oxygens (including phenoxy) is 1. The van der Waals surface area contributed by atoms with Crippen LogP contribution in [0, 0.1) is 0 Å². The molecule has 15 heavy (non-hydrogen) atoms. The average molecular weight is 207 g/mol. The van der Waals surface area contributed by atoms with Gasteiger partial charge >= 0.3 is 0 Å². The molecule has 0 fully saturated rings. The van der Waals surface area contributed by atoms with Gasteiger partial charge in [0.2, 0.25) is 0 Å². The molecule has 1 aromatic carbocycles. The molecule has 0 aliphatic heterocycles. The van der Waals surface area contributed by atoms with Gasteiger partial charge in [-0.15, -0.1) is 6.58 Å². The van der Waals surface area contributed by atoms with Gasteiger partial charge in [-0.05, 0) is 30.5 Å². The van der Waals surface area contributed by atoms with Gasteiger partial charge in [0.05, 0.1) is 7.11 Å². The number of methoxy groups -OCH3 is 1. The van der Waals surface area contributed by atoms with Gasteiger partial charge in [0.25, 0.3) is 0 Å². The minimum Gasteiger partial charge on any atom is -0.504 e. The molecular formula is C12H17NO2. The van der Waals surface area contributed by atoms with Crippen molar-refractivity contribution < 1.29 is 9.84 Å². The zero-order chi connectivity index (χ0) is 11.3. The molecule has 0 radical (unpaired) electrons. The lowest BCUT2D eigenvalue weighted by molar-refractivity contribution is 0.372. The lowest BCUT2D eigenvalue weighted by Gasteiger charge is -2.12. The maximum Gasteiger partial charge on any atom is 0.160 e. The molecule has 3 nitrogen and oxygen atoms in total. The number of aromatic hydroxyl groups is 1.